The van der Waals surface area contributed by atoms with Crippen molar-refractivity contribution in [3.05, 3.63) is 57.1 Å². The first-order valence-corrected chi connectivity index (χ1v) is 10.2. The Kier molecular flexibility index (Phi) is 5.75. The Bertz CT molecular complexity index is 1490. The maximum Gasteiger partial charge on any atom is 0.332 e. The third-order valence-electron chi connectivity index (χ3n) is 5.34. The van der Waals surface area contributed by atoms with Gasteiger partial charge in [0.2, 0.25) is 5.95 Å². The standard InChI is InChI=1S/C22H24N8O2/c1-4-5-9-29-18-19(26-21(29)27(2)10-8-23)28(3)22(32)30(20(18)31)13-15-6-7-17-16(11-15)12-24-14-25-17/h6-7,11-12,14H,8-10,13,23H2,1-3H3. The van der Waals surface area contributed by atoms with Gasteiger partial charge < -0.3 is 10.6 Å². The van der Waals surface area contributed by atoms with Crippen molar-refractivity contribution < 1.29 is 0 Å². The fraction of sp³-hybridized carbons (Fsp3) is 0.318. The minimum absolute atomic E-state index is 0.116. The lowest BCUT2D eigenvalue weighted by Gasteiger charge is -2.17. The average Bonchev–Trinajstić information content (AvgIpc) is 3.19. The largest absolute Gasteiger partial charge is 0.344 e. The van der Waals surface area contributed by atoms with Crippen molar-refractivity contribution in [2.45, 2.75) is 20.0 Å². The number of hydrogen-bond donors (Lipinski definition) is 1. The van der Waals surface area contributed by atoms with E-state index in [0.717, 1.165) is 16.5 Å². The molecule has 0 aliphatic heterocycles. The van der Waals surface area contributed by atoms with Gasteiger partial charge in [0.1, 0.15) is 6.33 Å². The van der Waals surface area contributed by atoms with E-state index < -0.39 is 11.2 Å². The number of imidazole rings is 1. The lowest BCUT2D eigenvalue weighted by atomic mass is 10.1. The van der Waals surface area contributed by atoms with Crippen LogP contribution < -0.4 is 21.9 Å². The molecule has 0 aliphatic carbocycles. The number of aromatic nitrogens is 6. The SMILES string of the molecule is CC#CCn1c(N(C)CCN)nc2c1c(=O)n(Cc1ccc3ncncc3c1)c(=O)n2C. The summed E-state index contributed by atoms with van der Waals surface area (Å²) in [6, 6.07) is 5.58. The summed E-state index contributed by atoms with van der Waals surface area (Å²) in [4.78, 5) is 41.3. The molecule has 10 nitrogen and oxygen atoms in total. The fourth-order valence-electron chi connectivity index (χ4n) is 3.71. The third kappa shape index (κ3) is 3.63. The number of likely N-dealkylation sites (N-methyl/N-ethyl adjacent to an activating group) is 1. The minimum atomic E-state index is -0.439. The molecule has 2 N–H and O–H groups in total. The van der Waals surface area contributed by atoms with Crippen LogP contribution in [0, 0.1) is 11.8 Å². The van der Waals surface area contributed by atoms with Gasteiger partial charge in [0.15, 0.2) is 11.2 Å². The van der Waals surface area contributed by atoms with E-state index in [1.807, 2.05) is 30.1 Å². The Balaban J connectivity index is 1.92. The second-order valence-corrected chi connectivity index (χ2v) is 7.46. The van der Waals surface area contributed by atoms with Crippen LogP contribution in [0.4, 0.5) is 5.95 Å². The second-order valence-electron chi connectivity index (χ2n) is 7.46. The highest BCUT2D eigenvalue weighted by Crippen LogP contribution is 2.19. The number of rotatable bonds is 6. The van der Waals surface area contributed by atoms with Gasteiger partial charge >= 0.3 is 5.69 Å². The van der Waals surface area contributed by atoms with E-state index in [9.17, 15) is 9.59 Å². The molecule has 0 radical (unpaired) electrons. The number of nitrogens with two attached hydrogens (primary N) is 1. The van der Waals surface area contributed by atoms with Gasteiger partial charge in [-0.3, -0.25) is 18.5 Å². The maximum atomic E-state index is 13.5. The van der Waals surface area contributed by atoms with E-state index in [2.05, 4.69) is 26.8 Å². The number of benzene rings is 1. The quantitative estimate of drug-likeness (QED) is 0.436. The number of hydrogen-bond acceptors (Lipinski definition) is 7. The molecule has 10 heteroatoms. The van der Waals surface area contributed by atoms with E-state index in [-0.39, 0.29) is 13.1 Å². The van der Waals surface area contributed by atoms with Crippen LogP contribution in [-0.4, -0.2) is 48.8 Å². The molecule has 164 valence electrons. The summed E-state index contributed by atoms with van der Waals surface area (Å²) in [5, 5.41) is 0.838. The number of anilines is 1. The predicted molar refractivity (Wildman–Crippen MR) is 124 cm³/mol. The summed E-state index contributed by atoms with van der Waals surface area (Å²) < 4.78 is 4.36. The van der Waals surface area contributed by atoms with Gasteiger partial charge in [0.25, 0.3) is 5.56 Å². The van der Waals surface area contributed by atoms with Crippen LogP contribution in [0.3, 0.4) is 0 Å². The van der Waals surface area contributed by atoms with E-state index in [1.165, 1.54) is 15.5 Å². The Morgan fingerprint density at radius 2 is 2.03 bits per heavy atom. The summed E-state index contributed by atoms with van der Waals surface area (Å²) in [6.07, 6.45) is 3.18. The van der Waals surface area contributed by atoms with Crippen molar-refractivity contribution in [2.75, 3.05) is 25.0 Å². The molecule has 1 aromatic carbocycles. The highest BCUT2D eigenvalue weighted by Gasteiger charge is 2.22. The van der Waals surface area contributed by atoms with Crippen molar-refractivity contribution in [3.63, 3.8) is 0 Å². The Morgan fingerprint density at radius 3 is 2.78 bits per heavy atom. The topological polar surface area (TPSA) is 117 Å². The minimum Gasteiger partial charge on any atom is -0.344 e. The summed E-state index contributed by atoms with van der Waals surface area (Å²) in [5.74, 6) is 6.39. The molecular weight excluding hydrogens is 408 g/mol. The van der Waals surface area contributed by atoms with Crippen molar-refractivity contribution in [1.82, 2.24) is 28.7 Å². The average molecular weight is 432 g/mol. The highest BCUT2D eigenvalue weighted by atomic mass is 16.2. The van der Waals surface area contributed by atoms with Crippen LogP contribution in [-0.2, 0) is 20.1 Å². The first kappa shape index (κ1) is 21.3. The van der Waals surface area contributed by atoms with Crippen LogP contribution in [0.15, 0.2) is 40.3 Å². The molecular formula is C22H24N8O2. The zero-order chi connectivity index (χ0) is 22.8. The Morgan fingerprint density at radius 1 is 1.22 bits per heavy atom. The van der Waals surface area contributed by atoms with E-state index in [0.29, 0.717) is 30.2 Å². The molecule has 4 aromatic rings. The van der Waals surface area contributed by atoms with Gasteiger partial charge in [-0.2, -0.15) is 4.98 Å². The van der Waals surface area contributed by atoms with Gasteiger partial charge in [-0.1, -0.05) is 12.0 Å². The molecule has 0 atom stereocenters. The van der Waals surface area contributed by atoms with Gasteiger partial charge in [0.05, 0.1) is 18.6 Å². The van der Waals surface area contributed by atoms with Crippen LogP contribution >= 0.6 is 0 Å². The Labute approximate surface area is 183 Å². The molecule has 0 saturated carbocycles. The predicted octanol–water partition coefficient (Wildman–Crippen LogP) is 0.306. The zero-order valence-electron chi connectivity index (χ0n) is 18.2. The maximum absolute atomic E-state index is 13.5. The van der Waals surface area contributed by atoms with Crippen LogP contribution in [0.1, 0.15) is 12.5 Å². The molecule has 0 saturated heterocycles. The molecule has 0 spiro atoms. The smallest absolute Gasteiger partial charge is 0.332 e. The molecule has 0 bridgehead atoms. The van der Waals surface area contributed by atoms with Gasteiger partial charge in [-0.05, 0) is 24.6 Å². The summed E-state index contributed by atoms with van der Waals surface area (Å²) >= 11 is 0. The second kappa shape index (κ2) is 8.64. The molecule has 32 heavy (non-hydrogen) atoms. The van der Waals surface area contributed by atoms with E-state index >= 15 is 0 Å². The number of fused-ring (bicyclic) bond motifs is 2. The first-order chi connectivity index (χ1) is 15.5. The van der Waals surface area contributed by atoms with Crippen molar-refractivity contribution in [1.29, 1.82) is 0 Å². The number of nitrogens with zero attached hydrogens (tertiary/aromatic N) is 7. The third-order valence-corrected chi connectivity index (χ3v) is 5.34. The van der Waals surface area contributed by atoms with Gasteiger partial charge in [-0.15, -0.1) is 5.92 Å². The molecule has 4 rings (SSSR count). The summed E-state index contributed by atoms with van der Waals surface area (Å²) in [6.45, 7) is 3.10. The monoisotopic (exact) mass is 432 g/mol. The first-order valence-electron chi connectivity index (χ1n) is 10.2. The lowest BCUT2D eigenvalue weighted by Crippen LogP contribution is -2.40. The van der Waals surface area contributed by atoms with Crippen molar-refractivity contribution in [2.24, 2.45) is 12.8 Å². The molecule has 0 aliphatic rings. The molecule has 0 fully saturated rings. The molecule has 0 amide bonds. The van der Waals surface area contributed by atoms with Gasteiger partial charge in [-0.25, -0.2) is 14.8 Å². The molecule has 3 aromatic heterocycles. The highest BCUT2D eigenvalue weighted by molar-refractivity contribution is 5.78. The summed E-state index contributed by atoms with van der Waals surface area (Å²) in [7, 11) is 3.46. The molecule has 3 heterocycles. The van der Waals surface area contributed by atoms with Crippen LogP contribution in [0.5, 0.6) is 0 Å². The molecule has 0 unspecified atom stereocenters. The number of aryl methyl sites for hydroxylation is 1. The van der Waals surface area contributed by atoms with E-state index in [4.69, 9.17) is 5.73 Å². The zero-order valence-corrected chi connectivity index (χ0v) is 18.2. The Hall–Kier alpha value is -3.97. The normalized spacial score (nSPS) is 11.0. The van der Waals surface area contributed by atoms with Crippen LogP contribution in [0.25, 0.3) is 22.1 Å². The van der Waals surface area contributed by atoms with E-state index in [1.54, 1.807) is 24.7 Å². The van der Waals surface area contributed by atoms with Gasteiger partial charge in [0, 0.05) is 38.8 Å². The lowest BCUT2D eigenvalue weighted by molar-refractivity contribution is 0.654. The van der Waals surface area contributed by atoms with Crippen LogP contribution in [0.2, 0.25) is 0 Å². The van der Waals surface area contributed by atoms with Crippen molar-refractivity contribution in [3.8, 4) is 11.8 Å². The van der Waals surface area contributed by atoms with Crippen molar-refractivity contribution >= 4 is 28.0 Å². The summed E-state index contributed by atoms with van der Waals surface area (Å²) in [5.41, 5.74) is 7.10. The fourth-order valence-corrected chi connectivity index (χ4v) is 3.71.